The van der Waals surface area contributed by atoms with E-state index in [0.717, 1.165) is 0 Å². The van der Waals surface area contributed by atoms with E-state index in [2.05, 4.69) is 22.3 Å². The number of anilines is 1. The summed E-state index contributed by atoms with van der Waals surface area (Å²) in [4.78, 5) is 32.6. The number of carbonyl (C=O) groups is 2. The van der Waals surface area contributed by atoms with E-state index in [1.165, 1.54) is 16.2 Å². The monoisotopic (exact) mass is 550 g/mol. The molecule has 0 radical (unpaired) electrons. The van der Waals surface area contributed by atoms with Gasteiger partial charge in [-0.15, -0.1) is 17.8 Å². The molecule has 3 aromatic carbocycles. The van der Waals surface area contributed by atoms with E-state index in [-0.39, 0.29) is 28.7 Å². The second-order valence-electron chi connectivity index (χ2n) is 8.84. The molecule has 0 saturated heterocycles. The van der Waals surface area contributed by atoms with Crippen LogP contribution in [0.2, 0.25) is 0 Å². The summed E-state index contributed by atoms with van der Waals surface area (Å²) < 4.78 is 0. The van der Waals surface area contributed by atoms with E-state index in [1.54, 1.807) is 41.8 Å². The molecule has 0 saturated carbocycles. The van der Waals surface area contributed by atoms with Gasteiger partial charge in [-0.2, -0.15) is 47.2 Å². The Balaban J connectivity index is 0.000000716. The van der Waals surface area contributed by atoms with E-state index in [0.29, 0.717) is 21.8 Å². The van der Waals surface area contributed by atoms with E-state index in [1.807, 2.05) is 63.2 Å². The van der Waals surface area contributed by atoms with Crippen LogP contribution in [0.3, 0.4) is 0 Å². The van der Waals surface area contributed by atoms with Crippen LogP contribution in [0.25, 0.3) is 0 Å². The molecular weight excluding hydrogens is 524 g/mol. The molecule has 6 nitrogen and oxygen atoms in total. The molecule has 0 aliphatic heterocycles. The molecule has 0 fully saturated rings. The summed E-state index contributed by atoms with van der Waals surface area (Å²) in [5, 5.41) is 14.1. The van der Waals surface area contributed by atoms with Crippen LogP contribution >= 0.6 is 11.3 Å². The van der Waals surface area contributed by atoms with Crippen LogP contribution in [-0.4, -0.2) is 22.3 Å². The van der Waals surface area contributed by atoms with Gasteiger partial charge >= 0.3 is 17.1 Å². The number of rotatable bonds is 5. The third kappa shape index (κ3) is 8.03. The Hall–Kier alpha value is -3.94. The average Bonchev–Trinajstić information content (AvgIpc) is 3.65. The second kappa shape index (κ2) is 13.4. The topological polar surface area (TPSA) is 86.1 Å². The predicted octanol–water partition coefficient (Wildman–Crippen LogP) is 5.42. The summed E-state index contributed by atoms with van der Waals surface area (Å²) in [6, 6.07) is 24.8. The molecule has 188 valence electrons. The summed E-state index contributed by atoms with van der Waals surface area (Å²) in [7, 11) is 0. The Kier molecular flexibility index (Phi) is 10.6. The van der Waals surface area contributed by atoms with Crippen LogP contribution in [0.15, 0.2) is 84.2 Å². The van der Waals surface area contributed by atoms with Crippen molar-refractivity contribution in [3.05, 3.63) is 106 Å². The molecular formula is C29H26FeN4O2S. The third-order valence-electron chi connectivity index (χ3n) is 4.90. The molecule has 37 heavy (non-hydrogen) atoms. The normalized spacial score (nSPS) is 10.9. The fraction of sp³-hybridized carbons (Fsp3) is 0.172. The zero-order valence-electron chi connectivity index (χ0n) is 20.7. The Morgan fingerprint density at radius 3 is 2.24 bits per heavy atom. The van der Waals surface area contributed by atoms with Crippen molar-refractivity contribution < 1.29 is 26.7 Å². The fourth-order valence-electron chi connectivity index (χ4n) is 3.39. The molecule has 8 heteroatoms. The van der Waals surface area contributed by atoms with Crippen LogP contribution in [0.1, 0.15) is 53.4 Å². The quantitative estimate of drug-likeness (QED) is 0.204. The van der Waals surface area contributed by atoms with Crippen LogP contribution in [0.4, 0.5) is 5.69 Å². The minimum absolute atomic E-state index is 0. The van der Waals surface area contributed by atoms with Gasteiger partial charge in [-0.05, 0) is 51.0 Å². The van der Waals surface area contributed by atoms with E-state index < -0.39 is 17.5 Å². The van der Waals surface area contributed by atoms with Crippen molar-refractivity contribution in [3.63, 3.8) is 0 Å². The van der Waals surface area contributed by atoms with Crippen molar-refractivity contribution in [2.75, 3.05) is 4.90 Å². The smallest absolute Gasteiger partial charge is 0.350 e. The van der Waals surface area contributed by atoms with Crippen molar-refractivity contribution >= 4 is 28.8 Å². The number of terminal acetylenes is 1. The van der Waals surface area contributed by atoms with Gasteiger partial charge in [0.2, 0.25) is 5.91 Å². The first kappa shape index (κ1) is 29.3. The number of amides is 2. The van der Waals surface area contributed by atoms with Gasteiger partial charge in [0, 0.05) is 16.6 Å². The first-order valence-corrected chi connectivity index (χ1v) is 12.1. The Labute approximate surface area is 232 Å². The van der Waals surface area contributed by atoms with Gasteiger partial charge in [-0.25, -0.2) is 23.2 Å². The number of thiazole rings is 1. The second-order valence-corrected chi connectivity index (χ2v) is 9.70. The first-order valence-electron chi connectivity index (χ1n) is 11.2. The standard InChI is InChI=1S/C24H21N4O2S.C5H5.Fe/c1-5-20-26-19(15-31-20)23(30)28(18-12-10-16(14-25)11-13-18)21(17-8-6-7-9-17)22(29)27-24(2,3)4;1-2-4-5-3-1;/h1,6-13,15,21H,2-4H3,(H,27,29);1-5H;/q2*-1;+2. The Bertz CT molecular complexity index is 1340. The molecule has 2 amide bonds. The van der Waals surface area contributed by atoms with Gasteiger partial charge < -0.3 is 10.2 Å². The largest absolute Gasteiger partial charge is 2.00 e. The first-order chi connectivity index (χ1) is 17.2. The number of nitrogens with one attached hydrogen (secondary N) is 1. The van der Waals surface area contributed by atoms with Gasteiger partial charge in [0.25, 0.3) is 5.91 Å². The zero-order chi connectivity index (χ0) is 26.1. The van der Waals surface area contributed by atoms with Gasteiger partial charge in [-0.1, -0.05) is 0 Å². The van der Waals surface area contributed by atoms with Crippen LogP contribution in [0.5, 0.6) is 0 Å². The molecule has 1 aromatic heterocycles. The van der Waals surface area contributed by atoms with Gasteiger partial charge in [-0.3, -0.25) is 9.59 Å². The number of nitriles is 1. The van der Waals surface area contributed by atoms with Crippen LogP contribution in [-0.2, 0) is 21.9 Å². The number of hydrogen-bond donors (Lipinski definition) is 1. The maximum Gasteiger partial charge on any atom is 2.00 e. The Morgan fingerprint density at radius 1 is 1.11 bits per heavy atom. The molecule has 0 aliphatic rings. The molecule has 1 unspecified atom stereocenters. The molecule has 1 atom stereocenters. The minimum atomic E-state index is -0.939. The average molecular weight is 550 g/mol. The van der Waals surface area contributed by atoms with Crippen LogP contribution < -0.4 is 10.2 Å². The molecule has 0 spiro atoms. The van der Waals surface area contributed by atoms with Crippen molar-refractivity contribution in [2.45, 2.75) is 32.4 Å². The number of nitrogens with zero attached hydrogens (tertiary/aromatic N) is 3. The summed E-state index contributed by atoms with van der Waals surface area (Å²) in [6.45, 7) is 5.63. The van der Waals surface area contributed by atoms with Crippen LogP contribution in [0, 0.1) is 23.7 Å². The fourth-order valence-corrected chi connectivity index (χ4v) is 3.99. The summed E-state index contributed by atoms with van der Waals surface area (Å²) in [5.74, 6) is 1.64. The predicted molar refractivity (Wildman–Crippen MR) is 143 cm³/mol. The third-order valence-corrected chi connectivity index (χ3v) is 5.68. The summed E-state index contributed by atoms with van der Waals surface area (Å²) in [5.41, 5.74) is 1.23. The minimum Gasteiger partial charge on any atom is -0.350 e. The van der Waals surface area contributed by atoms with Crippen molar-refractivity contribution in [2.24, 2.45) is 0 Å². The van der Waals surface area contributed by atoms with Crippen molar-refractivity contribution in [1.82, 2.24) is 10.3 Å². The molecule has 4 rings (SSSR count). The van der Waals surface area contributed by atoms with Crippen molar-refractivity contribution in [3.8, 4) is 18.4 Å². The summed E-state index contributed by atoms with van der Waals surface area (Å²) >= 11 is 1.19. The number of benzene rings is 1. The van der Waals surface area contributed by atoms with Gasteiger partial charge in [0.15, 0.2) is 5.01 Å². The SMILES string of the molecule is C#Cc1nc(C(=O)N(c2ccc(C#N)cc2)C(C(=O)NC(C)(C)C)c2cc[cH-]c2)cs1.[Fe+2].c1cc[cH-]c1. The van der Waals surface area contributed by atoms with Gasteiger partial charge in [0.1, 0.15) is 5.69 Å². The number of hydrogen-bond acceptors (Lipinski definition) is 5. The molecule has 4 aromatic rings. The summed E-state index contributed by atoms with van der Waals surface area (Å²) in [6.07, 6.45) is 5.42. The van der Waals surface area contributed by atoms with E-state index in [4.69, 9.17) is 11.7 Å². The molecule has 0 bridgehead atoms. The maximum absolute atomic E-state index is 13.6. The molecule has 1 N–H and O–H groups in total. The molecule has 0 aliphatic carbocycles. The zero-order valence-corrected chi connectivity index (χ0v) is 22.6. The Morgan fingerprint density at radius 2 is 1.78 bits per heavy atom. The van der Waals surface area contributed by atoms with Crippen molar-refractivity contribution in [1.29, 1.82) is 5.26 Å². The number of carbonyl (C=O) groups excluding carboxylic acids is 2. The number of aromatic nitrogens is 1. The van der Waals surface area contributed by atoms with Gasteiger partial charge in [0.05, 0.1) is 17.7 Å². The van der Waals surface area contributed by atoms with E-state index >= 15 is 0 Å². The maximum atomic E-state index is 13.6. The molecule has 1 heterocycles. The van der Waals surface area contributed by atoms with E-state index in [9.17, 15) is 9.59 Å².